The molecule has 0 saturated heterocycles. The molecule has 0 saturated carbocycles. The van der Waals surface area contributed by atoms with Crippen molar-refractivity contribution in [1.29, 1.82) is 0 Å². The van der Waals surface area contributed by atoms with Crippen LogP contribution in [0.25, 0.3) is 10.6 Å². The molecule has 1 N–H and O–H groups in total. The van der Waals surface area contributed by atoms with Crippen LogP contribution in [0.5, 0.6) is 0 Å². The fraction of sp³-hybridized carbons (Fsp3) is 0.0526. The van der Waals surface area contributed by atoms with Crippen LogP contribution in [0, 0.1) is 0 Å². The van der Waals surface area contributed by atoms with Gasteiger partial charge in [-0.3, -0.25) is 19.3 Å². The summed E-state index contributed by atoms with van der Waals surface area (Å²) in [6.45, 7) is -0.328. The van der Waals surface area contributed by atoms with Crippen molar-refractivity contribution in [2.45, 2.75) is 0 Å². The van der Waals surface area contributed by atoms with Gasteiger partial charge in [-0.1, -0.05) is 53.8 Å². The number of hydrogen-bond acceptors (Lipinski definition) is 5. The highest BCUT2D eigenvalue weighted by molar-refractivity contribution is 7.19. The molecule has 0 spiro atoms. The van der Waals surface area contributed by atoms with Crippen molar-refractivity contribution in [3.63, 3.8) is 0 Å². The highest BCUT2D eigenvalue weighted by Gasteiger charge is 2.36. The number of aromatic nitrogens is 1. The van der Waals surface area contributed by atoms with E-state index in [2.05, 4.69) is 10.3 Å². The van der Waals surface area contributed by atoms with Gasteiger partial charge in [-0.25, -0.2) is 4.98 Å². The van der Waals surface area contributed by atoms with E-state index in [0.29, 0.717) is 16.1 Å². The van der Waals surface area contributed by atoms with Gasteiger partial charge in [0.2, 0.25) is 5.91 Å². The van der Waals surface area contributed by atoms with Crippen molar-refractivity contribution in [3.8, 4) is 10.6 Å². The van der Waals surface area contributed by atoms with E-state index in [1.165, 1.54) is 11.3 Å². The zero-order valence-electron chi connectivity index (χ0n) is 13.5. The normalized spacial score (nSPS) is 13.0. The Morgan fingerprint density at radius 1 is 0.962 bits per heavy atom. The Labute approximate surface area is 153 Å². The van der Waals surface area contributed by atoms with Crippen molar-refractivity contribution in [2.75, 3.05) is 11.9 Å². The molecule has 0 aliphatic carbocycles. The van der Waals surface area contributed by atoms with Crippen molar-refractivity contribution in [3.05, 3.63) is 71.9 Å². The first-order valence-corrected chi connectivity index (χ1v) is 8.71. The lowest BCUT2D eigenvalue weighted by molar-refractivity contribution is -0.116. The maximum atomic E-state index is 12.3. The molecule has 0 fully saturated rings. The first-order valence-electron chi connectivity index (χ1n) is 7.90. The third-order valence-electron chi connectivity index (χ3n) is 3.97. The summed E-state index contributed by atoms with van der Waals surface area (Å²) in [5.41, 5.74) is 1.61. The number of carbonyl (C=O) groups excluding carboxylic acids is 3. The van der Waals surface area contributed by atoms with E-state index in [1.54, 1.807) is 30.5 Å². The maximum absolute atomic E-state index is 12.3. The molecule has 2 heterocycles. The van der Waals surface area contributed by atoms with Crippen LogP contribution in [0.3, 0.4) is 0 Å². The summed E-state index contributed by atoms with van der Waals surface area (Å²) in [7, 11) is 0. The summed E-state index contributed by atoms with van der Waals surface area (Å²) < 4.78 is 0. The number of benzene rings is 2. The Hall–Kier alpha value is -3.32. The first kappa shape index (κ1) is 16.2. The zero-order valence-corrected chi connectivity index (χ0v) is 14.3. The lowest BCUT2D eigenvalue weighted by Gasteiger charge is -2.12. The third kappa shape index (κ3) is 2.89. The molecule has 3 amide bonds. The standard InChI is InChI=1S/C19H13N3O3S/c23-15(11-22-18(24)13-8-4-5-9-14(13)19(22)25)21-16-10-20-17(26-16)12-6-2-1-3-7-12/h1-10H,11H2,(H,21,23). The molecular formula is C19H13N3O3S. The molecule has 0 atom stereocenters. The molecule has 4 rings (SSSR count). The summed E-state index contributed by atoms with van der Waals surface area (Å²) in [6, 6.07) is 16.2. The number of rotatable bonds is 4. The lowest BCUT2D eigenvalue weighted by Crippen LogP contribution is -2.37. The van der Waals surface area contributed by atoms with Gasteiger partial charge in [-0.15, -0.1) is 0 Å². The molecule has 6 nitrogen and oxygen atoms in total. The van der Waals surface area contributed by atoms with Crippen molar-refractivity contribution < 1.29 is 14.4 Å². The molecule has 0 bridgehead atoms. The van der Waals surface area contributed by atoms with Gasteiger partial charge in [0, 0.05) is 5.56 Å². The van der Waals surface area contributed by atoms with Crippen LogP contribution in [0.4, 0.5) is 5.00 Å². The molecule has 7 heteroatoms. The largest absolute Gasteiger partial charge is 0.315 e. The lowest BCUT2D eigenvalue weighted by atomic mass is 10.1. The number of nitrogens with zero attached hydrogens (tertiary/aromatic N) is 2. The molecule has 0 radical (unpaired) electrons. The van der Waals surface area contributed by atoms with Crippen molar-refractivity contribution in [2.24, 2.45) is 0 Å². The Bertz CT molecular complexity index is 979. The third-order valence-corrected chi connectivity index (χ3v) is 4.93. The average molecular weight is 363 g/mol. The van der Waals surface area contributed by atoms with Crippen molar-refractivity contribution >= 4 is 34.1 Å². The minimum absolute atomic E-state index is 0.328. The molecule has 2 aromatic carbocycles. The monoisotopic (exact) mass is 363 g/mol. The second kappa shape index (κ2) is 6.53. The van der Waals surface area contributed by atoms with Gasteiger partial charge in [0.25, 0.3) is 11.8 Å². The van der Waals surface area contributed by atoms with E-state index in [4.69, 9.17) is 0 Å². The van der Waals surface area contributed by atoms with E-state index < -0.39 is 17.7 Å². The predicted molar refractivity (Wildman–Crippen MR) is 98.0 cm³/mol. The van der Waals surface area contributed by atoms with Gasteiger partial charge >= 0.3 is 0 Å². The van der Waals surface area contributed by atoms with Crippen LogP contribution in [0.2, 0.25) is 0 Å². The van der Waals surface area contributed by atoms with E-state index >= 15 is 0 Å². The molecule has 1 aliphatic rings. The molecule has 1 aromatic heterocycles. The van der Waals surface area contributed by atoms with Gasteiger partial charge < -0.3 is 5.32 Å². The smallest absolute Gasteiger partial charge is 0.262 e. The second-order valence-electron chi connectivity index (χ2n) is 5.69. The van der Waals surface area contributed by atoms with Crippen LogP contribution in [0.15, 0.2) is 60.8 Å². The SMILES string of the molecule is O=C(CN1C(=O)c2ccccc2C1=O)Nc1cnc(-c2ccccc2)s1. The number of thiazole rings is 1. The summed E-state index contributed by atoms with van der Waals surface area (Å²) in [6.07, 6.45) is 1.56. The quantitative estimate of drug-likeness (QED) is 0.723. The van der Waals surface area contributed by atoms with Crippen LogP contribution in [0.1, 0.15) is 20.7 Å². The molecule has 0 unspecified atom stereocenters. The number of anilines is 1. The summed E-state index contributed by atoms with van der Waals surface area (Å²) in [4.78, 5) is 42.1. The van der Waals surface area contributed by atoms with E-state index in [1.807, 2.05) is 30.3 Å². The number of carbonyl (C=O) groups is 3. The van der Waals surface area contributed by atoms with Crippen LogP contribution >= 0.6 is 11.3 Å². The Balaban J connectivity index is 1.45. The van der Waals surface area contributed by atoms with E-state index in [9.17, 15) is 14.4 Å². The molecular weight excluding hydrogens is 350 g/mol. The van der Waals surface area contributed by atoms with Gasteiger partial charge in [0.1, 0.15) is 16.6 Å². The molecule has 26 heavy (non-hydrogen) atoms. The average Bonchev–Trinajstić information content (AvgIpc) is 3.22. The van der Waals surface area contributed by atoms with Crippen LogP contribution in [-0.2, 0) is 4.79 Å². The Morgan fingerprint density at radius 3 is 2.23 bits per heavy atom. The predicted octanol–water partition coefficient (Wildman–Crippen LogP) is 3.04. The fourth-order valence-electron chi connectivity index (χ4n) is 2.75. The van der Waals surface area contributed by atoms with Gasteiger partial charge in [-0.2, -0.15) is 0 Å². The number of fused-ring (bicyclic) bond motifs is 1. The number of amides is 3. The number of nitrogens with one attached hydrogen (secondary N) is 1. The Morgan fingerprint density at radius 2 is 1.58 bits per heavy atom. The topological polar surface area (TPSA) is 79.4 Å². The van der Waals surface area contributed by atoms with Crippen molar-refractivity contribution in [1.82, 2.24) is 9.88 Å². The van der Waals surface area contributed by atoms with E-state index in [0.717, 1.165) is 15.5 Å². The molecule has 1 aliphatic heterocycles. The number of imide groups is 1. The first-order chi connectivity index (χ1) is 12.6. The molecule has 3 aromatic rings. The van der Waals surface area contributed by atoms with Gasteiger partial charge in [0.15, 0.2) is 0 Å². The minimum Gasteiger partial charge on any atom is -0.315 e. The summed E-state index contributed by atoms with van der Waals surface area (Å²) in [5.74, 6) is -1.34. The summed E-state index contributed by atoms with van der Waals surface area (Å²) in [5, 5.41) is 4.04. The number of hydrogen-bond donors (Lipinski definition) is 1. The highest BCUT2D eigenvalue weighted by atomic mass is 32.1. The van der Waals surface area contributed by atoms with Gasteiger partial charge in [-0.05, 0) is 12.1 Å². The Kier molecular flexibility index (Phi) is 4.06. The molecule has 128 valence electrons. The fourth-order valence-corrected chi connectivity index (χ4v) is 3.59. The second-order valence-corrected chi connectivity index (χ2v) is 6.72. The van der Waals surface area contributed by atoms with Crippen LogP contribution < -0.4 is 5.32 Å². The van der Waals surface area contributed by atoms with Crippen LogP contribution in [-0.4, -0.2) is 34.2 Å². The minimum atomic E-state index is -0.449. The van der Waals surface area contributed by atoms with E-state index in [-0.39, 0.29) is 6.54 Å². The maximum Gasteiger partial charge on any atom is 0.262 e. The summed E-state index contributed by atoms with van der Waals surface area (Å²) >= 11 is 1.33. The van der Waals surface area contributed by atoms with Gasteiger partial charge in [0.05, 0.1) is 17.3 Å². The highest BCUT2D eigenvalue weighted by Crippen LogP contribution is 2.28. The zero-order chi connectivity index (χ0) is 18.1.